The van der Waals surface area contributed by atoms with E-state index in [9.17, 15) is 14.3 Å². The monoisotopic (exact) mass is 431 g/mol. The van der Waals surface area contributed by atoms with Gasteiger partial charge >= 0.3 is 0 Å². The van der Waals surface area contributed by atoms with Crippen molar-refractivity contribution in [3.05, 3.63) is 64.7 Å². The third kappa shape index (κ3) is 3.72. The van der Waals surface area contributed by atoms with Crippen LogP contribution in [0.3, 0.4) is 0 Å². The van der Waals surface area contributed by atoms with Crippen LogP contribution >= 0.6 is 11.6 Å². The third-order valence-corrected chi connectivity index (χ3v) is 7.02. The minimum Gasteiger partial charge on any atom is -0.384 e. The van der Waals surface area contributed by atoms with E-state index in [1.165, 1.54) is 12.3 Å². The summed E-state index contributed by atoms with van der Waals surface area (Å²) in [5.41, 5.74) is 0.540. The van der Waals surface area contributed by atoms with Gasteiger partial charge in [0.15, 0.2) is 0 Å². The molecule has 2 N–H and O–H groups in total. The number of piperidine rings is 1. The quantitative estimate of drug-likeness (QED) is 0.783. The molecule has 2 aliphatic rings. The van der Waals surface area contributed by atoms with Crippen molar-refractivity contribution in [1.82, 2.24) is 15.2 Å². The van der Waals surface area contributed by atoms with E-state index in [1.807, 2.05) is 30.9 Å². The molecule has 7 heteroatoms. The number of halogens is 2. The number of pyridine rings is 1. The van der Waals surface area contributed by atoms with Crippen molar-refractivity contribution in [3.63, 3.8) is 0 Å². The van der Waals surface area contributed by atoms with E-state index in [0.29, 0.717) is 31.2 Å². The molecule has 5 atom stereocenters. The van der Waals surface area contributed by atoms with Crippen molar-refractivity contribution in [2.45, 2.75) is 25.4 Å². The fourth-order valence-electron chi connectivity index (χ4n) is 5.06. The predicted octanol–water partition coefficient (Wildman–Crippen LogP) is 3.18. The number of hydrogen-bond donors (Lipinski definition) is 2. The number of hydrogen-bond acceptors (Lipinski definition) is 4. The topological polar surface area (TPSA) is 65.5 Å². The lowest BCUT2D eigenvalue weighted by molar-refractivity contribution is -0.152. The van der Waals surface area contributed by atoms with E-state index < -0.39 is 5.60 Å². The molecule has 2 fully saturated rings. The van der Waals surface area contributed by atoms with Gasteiger partial charge in [-0.15, -0.1) is 0 Å². The number of aromatic nitrogens is 1. The van der Waals surface area contributed by atoms with Crippen molar-refractivity contribution in [3.8, 4) is 0 Å². The van der Waals surface area contributed by atoms with Crippen LogP contribution in [0.2, 0.25) is 5.02 Å². The molecule has 2 aromatic rings. The summed E-state index contributed by atoms with van der Waals surface area (Å²) >= 11 is 6.01. The Morgan fingerprint density at radius 3 is 2.43 bits per heavy atom. The number of carbonyl (C=O) groups is 1. The number of likely N-dealkylation sites (tertiary alicyclic amines) is 1. The second-order valence-electron chi connectivity index (χ2n) is 8.65. The lowest BCUT2D eigenvalue weighted by Gasteiger charge is -2.48. The minimum atomic E-state index is -1.02. The van der Waals surface area contributed by atoms with Gasteiger partial charge in [0.2, 0.25) is 5.91 Å². The second kappa shape index (κ2) is 8.25. The van der Waals surface area contributed by atoms with E-state index in [2.05, 4.69) is 10.3 Å². The zero-order chi connectivity index (χ0) is 21.5. The molecular formula is C23H27ClFN3O2. The molecule has 1 amide bonds. The van der Waals surface area contributed by atoms with Crippen molar-refractivity contribution in [2.75, 3.05) is 26.2 Å². The number of benzene rings is 1. The maximum absolute atomic E-state index is 13.4. The number of amides is 1. The summed E-state index contributed by atoms with van der Waals surface area (Å²) in [5.74, 6) is -0.920. The van der Waals surface area contributed by atoms with Crippen molar-refractivity contribution >= 4 is 17.5 Å². The van der Waals surface area contributed by atoms with Crippen LogP contribution in [-0.4, -0.2) is 47.1 Å². The summed E-state index contributed by atoms with van der Waals surface area (Å²) in [6.45, 7) is 6.13. The first-order valence-electron chi connectivity index (χ1n) is 10.4. The lowest BCUT2D eigenvalue weighted by Crippen LogP contribution is -2.57. The molecule has 1 aromatic heterocycles. The number of nitrogens with zero attached hydrogens (tertiary/aromatic N) is 2. The Kier molecular flexibility index (Phi) is 5.84. The molecule has 0 aliphatic carbocycles. The molecular weight excluding hydrogens is 405 g/mol. The van der Waals surface area contributed by atoms with E-state index in [0.717, 1.165) is 11.3 Å². The van der Waals surface area contributed by atoms with Gasteiger partial charge in [-0.2, -0.15) is 0 Å². The zero-order valence-electron chi connectivity index (χ0n) is 17.2. The Bertz CT molecular complexity index is 894. The van der Waals surface area contributed by atoms with E-state index >= 15 is 0 Å². The zero-order valence-corrected chi connectivity index (χ0v) is 17.9. The van der Waals surface area contributed by atoms with Gasteiger partial charge in [0, 0.05) is 54.6 Å². The van der Waals surface area contributed by atoms with Crippen LogP contribution in [-0.2, 0) is 10.4 Å². The molecule has 0 radical (unpaired) electrons. The van der Waals surface area contributed by atoms with E-state index in [1.54, 1.807) is 18.2 Å². The fraction of sp³-hybridized carbons (Fsp3) is 0.478. The summed E-state index contributed by atoms with van der Waals surface area (Å²) in [5, 5.41) is 15.5. The number of carbonyl (C=O) groups excluding carboxylic acids is 1. The van der Waals surface area contributed by atoms with Crippen LogP contribution in [0.25, 0.3) is 0 Å². The van der Waals surface area contributed by atoms with Crippen LogP contribution in [0.4, 0.5) is 4.39 Å². The average Bonchev–Trinajstić information content (AvgIpc) is 3.22. The second-order valence-corrected chi connectivity index (χ2v) is 9.09. The molecule has 30 heavy (non-hydrogen) atoms. The Morgan fingerprint density at radius 1 is 1.17 bits per heavy atom. The fourth-order valence-corrected chi connectivity index (χ4v) is 5.18. The van der Waals surface area contributed by atoms with E-state index in [4.69, 9.17) is 11.6 Å². The van der Waals surface area contributed by atoms with Gasteiger partial charge in [0.05, 0.1) is 17.7 Å². The highest BCUT2D eigenvalue weighted by Gasteiger charge is 2.48. The highest BCUT2D eigenvalue weighted by molar-refractivity contribution is 6.30. The lowest BCUT2D eigenvalue weighted by atomic mass is 9.70. The molecule has 0 spiro atoms. The molecule has 1 aromatic carbocycles. The van der Waals surface area contributed by atoms with Crippen molar-refractivity contribution in [2.24, 2.45) is 17.8 Å². The SMILES string of the molecule is C[C@@H]1CN(C(=O)[C@@H]2CNC[C@H]2c2ccc(F)cn2)C[C@H](C)C1(O)c1ccc(Cl)cc1. The van der Waals surface area contributed by atoms with Crippen molar-refractivity contribution < 1.29 is 14.3 Å². The first-order chi connectivity index (χ1) is 14.3. The Balaban J connectivity index is 1.52. The molecule has 4 rings (SSSR count). The molecule has 3 heterocycles. The molecule has 1 unspecified atom stereocenters. The van der Waals surface area contributed by atoms with Crippen LogP contribution in [0.15, 0.2) is 42.6 Å². The van der Waals surface area contributed by atoms with Crippen LogP contribution in [0.1, 0.15) is 31.0 Å². The summed E-state index contributed by atoms with van der Waals surface area (Å²) in [7, 11) is 0. The summed E-state index contributed by atoms with van der Waals surface area (Å²) in [6.07, 6.45) is 1.20. The first kappa shape index (κ1) is 21.2. The maximum Gasteiger partial charge on any atom is 0.227 e. The van der Waals surface area contributed by atoms with Gasteiger partial charge in [-0.05, 0) is 29.8 Å². The third-order valence-electron chi connectivity index (χ3n) is 6.77. The van der Waals surface area contributed by atoms with Gasteiger partial charge in [-0.1, -0.05) is 37.6 Å². The molecule has 2 aliphatic heterocycles. The van der Waals surface area contributed by atoms with Crippen molar-refractivity contribution in [1.29, 1.82) is 0 Å². The van der Waals surface area contributed by atoms with Gasteiger partial charge in [-0.3, -0.25) is 9.78 Å². The number of aliphatic hydroxyl groups is 1. The van der Waals surface area contributed by atoms with Gasteiger partial charge in [-0.25, -0.2) is 4.39 Å². The first-order valence-corrected chi connectivity index (χ1v) is 10.8. The number of rotatable bonds is 3. The smallest absolute Gasteiger partial charge is 0.227 e. The Labute approximate surface area is 181 Å². The van der Waals surface area contributed by atoms with Gasteiger partial charge in [0.25, 0.3) is 0 Å². The standard InChI is InChI=1S/C23H27ClFN3O2/c1-14-12-28(13-15(2)23(14,30)16-3-5-17(24)6-4-16)22(29)20-11-26-10-19(20)21-8-7-18(25)9-27-21/h3-9,14-15,19-20,26,30H,10-13H2,1-2H3/t14-,15+,19-,20-,23?/m1/s1. The van der Waals surface area contributed by atoms with Crippen LogP contribution < -0.4 is 5.32 Å². The predicted molar refractivity (Wildman–Crippen MR) is 114 cm³/mol. The summed E-state index contributed by atoms with van der Waals surface area (Å²) < 4.78 is 13.3. The highest BCUT2D eigenvalue weighted by Crippen LogP contribution is 2.42. The minimum absolute atomic E-state index is 0.0629. The Hall–Kier alpha value is -2.02. The molecule has 0 bridgehead atoms. The normalized spacial score (nSPS) is 31.7. The molecule has 5 nitrogen and oxygen atoms in total. The van der Waals surface area contributed by atoms with Crippen LogP contribution in [0, 0.1) is 23.6 Å². The van der Waals surface area contributed by atoms with Gasteiger partial charge < -0.3 is 15.3 Å². The van der Waals surface area contributed by atoms with E-state index in [-0.39, 0.29) is 35.4 Å². The summed E-state index contributed by atoms with van der Waals surface area (Å²) in [4.78, 5) is 19.5. The van der Waals surface area contributed by atoms with Gasteiger partial charge in [0.1, 0.15) is 5.82 Å². The maximum atomic E-state index is 13.4. The molecule has 160 valence electrons. The Morgan fingerprint density at radius 2 is 1.83 bits per heavy atom. The van der Waals surface area contributed by atoms with Crippen LogP contribution in [0.5, 0.6) is 0 Å². The number of nitrogens with one attached hydrogen (secondary N) is 1. The molecule has 0 saturated carbocycles. The summed E-state index contributed by atoms with van der Waals surface area (Å²) in [6, 6.07) is 10.4. The highest BCUT2D eigenvalue weighted by atomic mass is 35.5. The molecule has 2 saturated heterocycles. The largest absolute Gasteiger partial charge is 0.384 e. The average molecular weight is 432 g/mol.